The van der Waals surface area contributed by atoms with Crippen molar-refractivity contribution in [1.29, 1.82) is 0 Å². The zero-order chi connectivity index (χ0) is 16.8. The molecule has 3 rings (SSSR count). The quantitative estimate of drug-likeness (QED) is 0.788. The van der Waals surface area contributed by atoms with Crippen LogP contribution in [-0.2, 0) is 4.79 Å². The van der Waals surface area contributed by atoms with Gasteiger partial charge in [-0.3, -0.25) is 9.59 Å². The minimum Gasteiger partial charge on any atom is -0.459 e. The summed E-state index contributed by atoms with van der Waals surface area (Å²) in [6.45, 7) is 1.98. The molecule has 6 nitrogen and oxygen atoms in total. The molecule has 1 aliphatic heterocycles. The number of anilines is 2. The molecule has 1 aromatic heterocycles. The number of nitrogens with one attached hydrogen (secondary N) is 3. The fourth-order valence-electron chi connectivity index (χ4n) is 2.80. The van der Waals surface area contributed by atoms with E-state index in [1.165, 1.54) is 6.26 Å². The van der Waals surface area contributed by atoms with Gasteiger partial charge in [0.15, 0.2) is 5.76 Å². The van der Waals surface area contributed by atoms with Crippen molar-refractivity contribution >= 4 is 23.2 Å². The Labute approximate surface area is 140 Å². The summed E-state index contributed by atoms with van der Waals surface area (Å²) in [6, 6.07) is 10.3. The van der Waals surface area contributed by atoms with Gasteiger partial charge in [-0.25, -0.2) is 0 Å². The van der Waals surface area contributed by atoms with Crippen LogP contribution in [0.2, 0.25) is 0 Å². The normalized spacial score (nSPS) is 15.0. The van der Waals surface area contributed by atoms with Gasteiger partial charge in [-0.15, -0.1) is 0 Å². The Morgan fingerprint density at radius 2 is 1.71 bits per heavy atom. The molecule has 0 unspecified atom stereocenters. The molecular weight excluding hydrogens is 306 g/mol. The molecule has 0 aliphatic carbocycles. The molecule has 2 amide bonds. The Balaban J connectivity index is 1.50. The smallest absolute Gasteiger partial charge is 0.291 e. The lowest BCUT2D eigenvalue weighted by Crippen LogP contribution is -2.30. The Kier molecular flexibility index (Phi) is 5.28. The number of amides is 2. The minimum atomic E-state index is -0.303. The highest BCUT2D eigenvalue weighted by atomic mass is 16.3. The highest BCUT2D eigenvalue weighted by molar-refractivity contribution is 6.02. The van der Waals surface area contributed by atoms with Crippen molar-refractivity contribution in [3.63, 3.8) is 0 Å². The summed E-state index contributed by atoms with van der Waals surface area (Å²) in [6.07, 6.45) is 4.10. The highest BCUT2D eigenvalue weighted by Crippen LogP contribution is 2.19. The highest BCUT2D eigenvalue weighted by Gasteiger charge is 2.16. The summed E-state index contributed by atoms with van der Waals surface area (Å²) >= 11 is 0. The van der Waals surface area contributed by atoms with Crippen LogP contribution >= 0.6 is 0 Å². The predicted octanol–water partition coefficient (Wildman–Crippen LogP) is 2.86. The van der Waals surface area contributed by atoms with Crippen molar-refractivity contribution in [3.05, 3.63) is 48.4 Å². The first-order chi connectivity index (χ1) is 11.7. The Hall–Kier alpha value is -2.60. The van der Waals surface area contributed by atoms with E-state index >= 15 is 0 Å². The van der Waals surface area contributed by atoms with E-state index in [9.17, 15) is 9.59 Å². The zero-order valence-electron chi connectivity index (χ0n) is 13.4. The summed E-state index contributed by atoms with van der Waals surface area (Å²) in [7, 11) is 0. The first-order valence-corrected chi connectivity index (χ1v) is 8.16. The second-order valence-electron chi connectivity index (χ2n) is 5.95. The maximum absolute atomic E-state index is 12.1. The second kappa shape index (κ2) is 7.79. The zero-order valence-corrected chi connectivity index (χ0v) is 13.4. The van der Waals surface area contributed by atoms with E-state index in [1.54, 1.807) is 36.4 Å². The van der Waals surface area contributed by atoms with E-state index in [-0.39, 0.29) is 17.6 Å². The van der Waals surface area contributed by atoms with E-state index in [0.717, 1.165) is 31.6 Å². The largest absolute Gasteiger partial charge is 0.459 e. The molecule has 0 radical (unpaired) electrons. The number of carbonyl (C=O) groups is 2. The number of benzene rings is 1. The number of carbonyl (C=O) groups excluding carboxylic acids is 2. The molecule has 2 aromatic rings. The van der Waals surface area contributed by atoms with Gasteiger partial charge in [0.1, 0.15) is 0 Å². The SMILES string of the molecule is O=C(CC1CCNCC1)Nc1ccc(NC(=O)c2ccco2)cc1. The maximum Gasteiger partial charge on any atom is 0.291 e. The molecule has 1 saturated heterocycles. The Morgan fingerprint density at radius 3 is 2.33 bits per heavy atom. The lowest BCUT2D eigenvalue weighted by atomic mass is 9.94. The molecular formula is C18H21N3O3. The lowest BCUT2D eigenvalue weighted by Gasteiger charge is -2.21. The van der Waals surface area contributed by atoms with E-state index in [2.05, 4.69) is 16.0 Å². The Bertz CT molecular complexity index is 674. The standard InChI is InChI=1S/C18H21N3O3/c22-17(12-13-7-9-19-10-8-13)20-14-3-5-15(6-4-14)21-18(23)16-2-1-11-24-16/h1-6,11,13,19H,7-10,12H2,(H,20,22)(H,21,23). The monoisotopic (exact) mass is 327 g/mol. The molecule has 0 bridgehead atoms. The maximum atomic E-state index is 12.1. The molecule has 3 N–H and O–H groups in total. The van der Waals surface area contributed by atoms with Crippen LogP contribution in [0.5, 0.6) is 0 Å². The summed E-state index contributed by atoms with van der Waals surface area (Å²) < 4.78 is 5.04. The van der Waals surface area contributed by atoms with Gasteiger partial charge in [0.2, 0.25) is 5.91 Å². The fraction of sp³-hybridized carbons (Fsp3) is 0.333. The third kappa shape index (κ3) is 4.45. The molecule has 1 aliphatic rings. The molecule has 24 heavy (non-hydrogen) atoms. The molecule has 6 heteroatoms. The van der Waals surface area contributed by atoms with Crippen molar-refractivity contribution in [2.75, 3.05) is 23.7 Å². The van der Waals surface area contributed by atoms with Gasteiger partial charge >= 0.3 is 0 Å². The average molecular weight is 327 g/mol. The average Bonchev–Trinajstić information content (AvgIpc) is 3.12. The third-order valence-electron chi connectivity index (χ3n) is 4.10. The summed E-state index contributed by atoms with van der Waals surface area (Å²) in [5, 5.41) is 8.94. The van der Waals surface area contributed by atoms with Gasteiger partial charge in [0.25, 0.3) is 5.91 Å². The van der Waals surface area contributed by atoms with Crippen LogP contribution in [0.4, 0.5) is 11.4 Å². The molecule has 1 aromatic carbocycles. The minimum absolute atomic E-state index is 0.0364. The summed E-state index contributed by atoms with van der Waals surface area (Å²) in [4.78, 5) is 24.0. The summed E-state index contributed by atoms with van der Waals surface area (Å²) in [5.74, 6) is 0.449. The van der Waals surface area contributed by atoms with E-state index in [1.807, 2.05) is 0 Å². The summed E-state index contributed by atoms with van der Waals surface area (Å²) in [5.41, 5.74) is 1.37. The molecule has 0 spiro atoms. The van der Waals surface area contributed by atoms with Gasteiger partial charge < -0.3 is 20.4 Å². The van der Waals surface area contributed by atoms with E-state index in [0.29, 0.717) is 18.0 Å². The Morgan fingerprint density at radius 1 is 1.04 bits per heavy atom. The number of hydrogen-bond acceptors (Lipinski definition) is 4. The van der Waals surface area contributed by atoms with Crippen molar-refractivity contribution in [3.8, 4) is 0 Å². The topological polar surface area (TPSA) is 83.4 Å². The lowest BCUT2D eigenvalue weighted by molar-refractivity contribution is -0.117. The van der Waals surface area contributed by atoms with Crippen molar-refractivity contribution in [1.82, 2.24) is 5.32 Å². The first kappa shape index (κ1) is 16.3. The van der Waals surface area contributed by atoms with Gasteiger partial charge in [-0.1, -0.05) is 0 Å². The van der Waals surface area contributed by atoms with Gasteiger partial charge in [0, 0.05) is 17.8 Å². The van der Waals surface area contributed by atoms with Crippen LogP contribution < -0.4 is 16.0 Å². The molecule has 0 saturated carbocycles. The van der Waals surface area contributed by atoms with Crippen molar-refractivity contribution in [2.45, 2.75) is 19.3 Å². The second-order valence-corrected chi connectivity index (χ2v) is 5.95. The number of piperidine rings is 1. The van der Waals surface area contributed by atoms with Crippen LogP contribution in [0.3, 0.4) is 0 Å². The number of rotatable bonds is 5. The molecule has 126 valence electrons. The van der Waals surface area contributed by atoms with Gasteiger partial charge in [0.05, 0.1) is 6.26 Å². The molecule has 2 heterocycles. The molecule has 0 atom stereocenters. The third-order valence-corrected chi connectivity index (χ3v) is 4.10. The van der Waals surface area contributed by atoms with Crippen LogP contribution in [0, 0.1) is 5.92 Å². The fourth-order valence-corrected chi connectivity index (χ4v) is 2.80. The first-order valence-electron chi connectivity index (χ1n) is 8.16. The van der Waals surface area contributed by atoms with Crippen LogP contribution in [-0.4, -0.2) is 24.9 Å². The number of hydrogen-bond donors (Lipinski definition) is 3. The predicted molar refractivity (Wildman–Crippen MR) is 91.9 cm³/mol. The van der Waals surface area contributed by atoms with Gasteiger partial charge in [-0.05, 0) is 68.2 Å². The van der Waals surface area contributed by atoms with Crippen molar-refractivity contribution < 1.29 is 14.0 Å². The van der Waals surface area contributed by atoms with Gasteiger partial charge in [-0.2, -0.15) is 0 Å². The molecule has 1 fully saturated rings. The van der Waals surface area contributed by atoms with E-state index < -0.39 is 0 Å². The number of furan rings is 1. The van der Waals surface area contributed by atoms with Crippen molar-refractivity contribution in [2.24, 2.45) is 5.92 Å². The van der Waals surface area contributed by atoms with Crippen LogP contribution in [0.15, 0.2) is 47.1 Å². The van der Waals surface area contributed by atoms with Crippen LogP contribution in [0.25, 0.3) is 0 Å². The van der Waals surface area contributed by atoms with Crippen LogP contribution in [0.1, 0.15) is 29.8 Å². The van der Waals surface area contributed by atoms with E-state index in [4.69, 9.17) is 4.42 Å².